The van der Waals surface area contributed by atoms with Gasteiger partial charge in [-0.15, -0.1) is 0 Å². The number of rotatable bonds is 4. The van der Waals surface area contributed by atoms with Gasteiger partial charge in [-0.25, -0.2) is 0 Å². The number of fused-ring (bicyclic) bond motifs is 9. The quantitative estimate of drug-likeness (QED) is 0.178. The highest BCUT2D eigenvalue weighted by Crippen LogP contribution is 2.40. The summed E-state index contributed by atoms with van der Waals surface area (Å²) in [4.78, 5) is 0. The predicted molar refractivity (Wildman–Crippen MR) is 220 cm³/mol. The zero-order valence-electron chi connectivity index (χ0n) is 28.7. The molecule has 0 saturated heterocycles. The third-order valence-electron chi connectivity index (χ3n) is 11.0. The van der Waals surface area contributed by atoms with E-state index in [2.05, 4.69) is 203 Å². The Morgan fingerprint density at radius 2 is 0.635 bits per heavy atom. The summed E-state index contributed by atoms with van der Waals surface area (Å²) in [6.45, 7) is 0. The molecule has 0 radical (unpaired) electrons. The van der Waals surface area contributed by atoms with Gasteiger partial charge in [-0.3, -0.25) is 0 Å². The molecule has 3 aromatic heterocycles. The van der Waals surface area contributed by atoms with E-state index >= 15 is 0 Å². The van der Waals surface area contributed by atoms with Gasteiger partial charge in [-0.2, -0.15) is 0 Å². The molecular formula is C49H33N3. The number of benzene rings is 8. The van der Waals surface area contributed by atoms with Crippen molar-refractivity contribution in [2.24, 2.45) is 7.05 Å². The monoisotopic (exact) mass is 663 g/mol. The highest BCUT2D eigenvalue weighted by Gasteiger charge is 2.17. The van der Waals surface area contributed by atoms with Crippen LogP contribution in [0.1, 0.15) is 0 Å². The average Bonchev–Trinajstić information content (AvgIpc) is 3.82. The fourth-order valence-corrected chi connectivity index (χ4v) is 8.59. The SMILES string of the molecule is Cn1c2ccccc2c2cc(-c3ccc4c(c3)c3ccc(-c5ccc6c7ccccc7n(-c7ccccc7)c6c5)cc3n4-c3ccccc3)ccc21. The molecule has 3 heterocycles. The molecule has 3 heteroatoms. The zero-order valence-corrected chi connectivity index (χ0v) is 28.7. The summed E-state index contributed by atoms with van der Waals surface area (Å²) in [5, 5.41) is 7.60. The lowest BCUT2D eigenvalue weighted by atomic mass is 9.99. The summed E-state index contributed by atoms with van der Waals surface area (Å²) in [5.74, 6) is 0. The topological polar surface area (TPSA) is 14.8 Å². The van der Waals surface area contributed by atoms with Crippen molar-refractivity contribution in [3.63, 3.8) is 0 Å². The van der Waals surface area contributed by atoms with E-state index in [0.29, 0.717) is 0 Å². The minimum absolute atomic E-state index is 1.16. The van der Waals surface area contributed by atoms with E-state index in [9.17, 15) is 0 Å². The van der Waals surface area contributed by atoms with Gasteiger partial charge < -0.3 is 13.7 Å². The molecule has 0 aliphatic carbocycles. The minimum Gasteiger partial charge on any atom is -0.344 e. The minimum atomic E-state index is 1.16. The fraction of sp³-hybridized carbons (Fsp3) is 0.0204. The molecule has 8 aromatic carbocycles. The van der Waals surface area contributed by atoms with Gasteiger partial charge in [0.05, 0.1) is 22.1 Å². The molecule has 0 atom stereocenters. The highest BCUT2D eigenvalue weighted by atomic mass is 15.0. The molecule has 0 aliphatic heterocycles. The third kappa shape index (κ3) is 4.20. The molecule has 244 valence electrons. The molecular weight excluding hydrogens is 631 g/mol. The van der Waals surface area contributed by atoms with Gasteiger partial charge in [0.25, 0.3) is 0 Å². The van der Waals surface area contributed by atoms with Crippen molar-refractivity contribution < 1.29 is 0 Å². The zero-order chi connectivity index (χ0) is 34.3. The molecule has 0 spiro atoms. The van der Waals surface area contributed by atoms with Gasteiger partial charge in [0, 0.05) is 61.8 Å². The lowest BCUT2D eigenvalue weighted by molar-refractivity contribution is 1.01. The van der Waals surface area contributed by atoms with E-state index in [4.69, 9.17) is 0 Å². The largest absolute Gasteiger partial charge is 0.344 e. The number of aromatic nitrogens is 3. The Bertz CT molecular complexity index is 3180. The molecule has 52 heavy (non-hydrogen) atoms. The van der Waals surface area contributed by atoms with Gasteiger partial charge in [-0.1, -0.05) is 109 Å². The second kappa shape index (κ2) is 11.1. The Morgan fingerprint density at radius 1 is 0.269 bits per heavy atom. The van der Waals surface area contributed by atoms with Crippen molar-refractivity contribution in [3.8, 4) is 33.6 Å². The van der Waals surface area contributed by atoms with E-state index < -0.39 is 0 Å². The van der Waals surface area contributed by atoms with E-state index in [-0.39, 0.29) is 0 Å². The number of para-hydroxylation sites is 4. The van der Waals surface area contributed by atoms with E-state index in [0.717, 1.165) is 5.69 Å². The lowest BCUT2D eigenvalue weighted by Gasteiger charge is -2.10. The Balaban J connectivity index is 1.11. The third-order valence-corrected chi connectivity index (χ3v) is 11.0. The Labute approximate surface area is 300 Å². The second-order valence-electron chi connectivity index (χ2n) is 13.9. The first-order valence-corrected chi connectivity index (χ1v) is 17.9. The van der Waals surface area contributed by atoms with Crippen LogP contribution < -0.4 is 0 Å². The molecule has 11 aromatic rings. The number of hydrogen-bond acceptors (Lipinski definition) is 0. The normalized spacial score (nSPS) is 11.9. The smallest absolute Gasteiger partial charge is 0.0547 e. The molecule has 11 rings (SSSR count). The van der Waals surface area contributed by atoms with Crippen LogP contribution in [0, 0.1) is 0 Å². The van der Waals surface area contributed by atoms with E-state index in [1.165, 1.54) is 93.4 Å². The van der Waals surface area contributed by atoms with Gasteiger partial charge in [0.1, 0.15) is 0 Å². The van der Waals surface area contributed by atoms with Crippen LogP contribution in [0.5, 0.6) is 0 Å². The summed E-state index contributed by atoms with van der Waals surface area (Å²) in [7, 11) is 2.16. The molecule has 0 saturated carbocycles. The maximum absolute atomic E-state index is 2.42. The van der Waals surface area contributed by atoms with Crippen LogP contribution in [0.2, 0.25) is 0 Å². The number of nitrogens with zero attached hydrogens (tertiary/aromatic N) is 3. The van der Waals surface area contributed by atoms with Crippen LogP contribution in [-0.4, -0.2) is 13.7 Å². The van der Waals surface area contributed by atoms with Crippen molar-refractivity contribution >= 4 is 65.4 Å². The van der Waals surface area contributed by atoms with Gasteiger partial charge >= 0.3 is 0 Å². The van der Waals surface area contributed by atoms with E-state index in [1.807, 2.05) is 0 Å². The molecule has 0 unspecified atom stereocenters. The number of hydrogen-bond donors (Lipinski definition) is 0. The predicted octanol–water partition coefficient (Wildman–Crippen LogP) is 12.9. The standard InChI is InChI=1S/C49H33N3/c1-50-44-18-10-8-17-39(44)42-28-32(22-26-45(42)50)33-23-27-47-43(29-33)41-25-21-35(31-49(41)52(47)37-14-6-3-7-15-37)34-20-24-40-38-16-9-11-19-46(38)51(48(40)30-34)36-12-4-2-5-13-36/h2-31H,1H3. The van der Waals surface area contributed by atoms with Crippen LogP contribution in [0.3, 0.4) is 0 Å². The van der Waals surface area contributed by atoms with Crippen LogP contribution in [0.15, 0.2) is 182 Å². The Morgan fingerprint density at radius 3 is 1.23 bits per heavy atom. The molecule has 0 aliphatic rings. The summed E-state index contributed by atoms with van der Waals surface area (Å²) in [6.07, 6.45) is 0. The summed E-state index contributed by atoms with van der Waals surface area (Å²) in [6, 6.07) is 66.6. The summed E-state index contributed by atoms with van der Waals surface area (Å²) >= 11 is 0. The number of aryl methyl sites for hydroxylation is 1. The van der Waals surface area contributed by atoms with Crippen molar-refractivity contribution in [2.45, 2.75) is 0 Å². The van der Waals surface area contributed by atoms with Crippen molar-refractivity contribution in [1.29, 1.82) is 0 Å². The second-order valence-corrected chi connectivity index (χ2v) is 13.9. The Hall–Kier alpha value is -6.84. The highest BCUT2D eigenvalue weighted by molar-refractivity contribution is 6.14. The average molecular weight is 664 g/mol. The van der Waals surface area contributed by atoms with Gasteiger partial charge in [-0.05, 0) is 95.1 Å². The first-order chi connectivity index (χ1) is 25.7. The first-order valence-electron chi connectivity index (χ1n) is 17.9. The summed E-state index contributed by atoms with van der Waals surface area (Å²) in [5.41, 5.74) is 14.5. The Kier molecular flexibility index (Phi) is 6.17. The van der Waals surface area contributed by atoms with E-state index in [1.54, 1.807) is 0 Å². The van der Waals surface area contributed by atoms with Crippen molar-refractivity contribution in [2.75, 3.05) is 0 Å². The molecule has 3 nitrogen and oxygen atoms in total. The maximum atomic E-state index is 2.42. The molecule has 0 bridgehead atoms. The molecule has 0 N–H and O–H groups in total. The van der Waals surface area contributed by atoms with Crippen molar-refractivity contribution in [1.82, 2.24) is 13.7 Å². The van der Waals surface area contributed by atoms with Gasteiger partial charge in [0.2, 0.25) is 0 Å². The maximum Gasteiger partial charge on any atom is 0.0547 e. The van der Waals surface area contributed by atoms with Crippen molar-refractivity contribution in [3.05, 3.63) is 182 Å². The van der Waals surface area contributed by atoms with Crippen LogP contribution in [0.25, 0.3) is 99.0 Å². The first kappa shape index (κ1) is 28.9. The molecule has 0 fully saturated rings. The van der Waals surface area contributed by atoms with Crippen LogP contribution in [-0.2, 0) is 7.05 Å². The molecule has 0 amide bonds. The fourth-order valence-electron chi connectivity index (χ4n) is 8.59. The summed E-state index contributed by atoms with van der Waals surface area (Å²) < 4.78 is 7.11. The van der Waals surface area contributed by atoms with Crippen LogP contribution >= 0.6 is 0 Å². The van der Waals surface area contributed by atoms with Crippen LogP contribution in [0.4, 0.5) is 0 Å². The van der Waals surface area contributed by atoms with Gasteiger partial charge in [0.15, 0.2) is 0 Å². The lowest BCUT2D eigenvalue weighted by Crippen LogP contribution is -1.94.